The first-order chi connectivity index (χ1) is 12.8. The molecule has 0 unspecified atom stereocenters. The van der Waals surface area contributed by atoms with Gasteiger partial charge in [0.05, 0.1) is 5.69 Å². The molecular formula is C19H25N5O2. The van der Waals surface area contributed by atoms with Crippen molar-refractivity contribution in [1.29, 1.82) is 0 Å². The van der Waals surface area contributed by atoms with Gasteiger partial charge in [-0.15, -0.1) is 0 Å². The quantitative estimate of drug-likeness (QED) is 0.826. The number of amides is 1. The second kappa shape index (κ2) is 9.15. The number of carbonyl (C=O) groups excluding carboxylic acids is 1. The number of anilines is 1. The van der Waals surface area contributed by atoms with E-state index in [0.29, 0.717) is 32.2 Å². The van der Waals surface area contributed by atoms with Crippen molar-refractivity contribution < 1.29 is 9.53 Å². The minimum atomic E-state index is -0.236. The monoisotopic (exact) mass is 355 g/mol. The number of benzene rings is 1. The van der Waals surface area contributed by atoms with Crippen LogP contribution in [0.4, 0.5) is 10.6 Å². The predicted molar refractivity (Wildman–Crippen MR) is 99.3 cm³/mol. The molecule has 0 atom stereocenters. The topological polar surface area (TPSA) is 93.4 Å². The first-order valence-corrected chi connectivity index (χ1v) is 8.95. The molecule has 2 heterocycles. The van der Waals surface area contributed by atoms with E-state index in [4.69, 9.17) is 10.5 Å². The largest absolute Gasteiger partial charge is 0.445 e. The van der Waals surface area contributed by atoms with Gasteiger partial charge in [-0.25, -0.2) is 9.78 Å². The van der Waals surface area contributed by atoms with E-state index in [2.05, 4.69) is 15.3 Å². The average Bonchev–Trinajstić information content (AvgIpc) is 2.72. The Bertz CT molecular complexity index is 702. The summed E-state index contributed by atoms with van der Waals surface area (Å²) >= 11 is 0. The van der Waals surface area contributed by atoms with Gasteiger partial charge in [0.15, 0.2) is 0 Å². The molecule has 1 saturated heterocycles. The molecule has 1 aliphatic heterocycles. The number of piperidine rings is 1. The van der Waals surface area contributed by atoms with E-state index < -0.39 is 0 Å². The van der Waals surface area contributed by atoms with Gasteiger partial charge >= 0.3 is 6.09 Å². The van der Waals surface area contributed by atoms with Gasteiger partial charge in [-0.2, -0.15) is 0 Å². The third-order valence-corrected chi connectivity index (χ3v) is 4.60. The summed E-state index contributed by atoms with van der Waals surface area (Å²) in [7, 11) is 0. The van der Waals surface area contributed by atoms with Crippen molar-refractivity contribution >= 4 is 11.9 Å². The van der Waals surface area contributed by atoms with Crippen molar-refractivity contribution in [2.24, 2.45) is 11.7 Å². The van der Waals surface area contributed by atoms with E-state index in [0.717, 1.165) is 36.5 Å². The minimum absolute atomic E-state index is 0.236. The number of ether oxygens (including phenoxy) is 1. The van der Waals surface area contributed by atoms with Crippen LogP contribution in [0.2, 0.25) is 0 Å². The molecule has 1 aromatic heterocycles. The zero-order chi connectivity index (χ0) is 18.2. The van der Waals surface area contributed by atoms with Crippen LogP contribution >= 0.6 is 0 Å². The maximum absolute atomic E-state index is 12.2. The summed E-state index contributed by atoms with van der Waals surface area (Å²) < 4.78 is 5.40. The summed E-state index contributed by atoms with van der Waals surface area (Å²) in [5.41, 5.74) is 7.45. The number of aromatic nitrogens is 2. The number of carbonyl (C=O) groups is 1. The third-order valence-electron chi connectivity index (χ3n) is 4.60. The molecular weight excluding hydrogens is 330 g/mol. The molecule has 0 radical (unpaired) electrons. The van der Waals surface area contributed by atoms with Crippen molar-refractivity contribution in [2.45, 2.75) is 26.0 Å². The summed E-state index contributed by atoms with van der Waals surface area (Å²) in [5.74, 6) is 1.24. The molecule has 1 amide bonds. The summed E-state index contributed by atoms with van der Waals surface area (Å²) in [4.78, 5) is 22.5. The van der Waals surface area contributed by atoms with Crippen LogP contribution < -0.4 is 11.1 Å². The number of nitrogens with zero attached hydrogens (tertiary/aromatic N) is 3. The maximum Gasteiger partial charge on any atom is 0.410 e. The van der Waals surface area contributed by atoms with Gasteiger partial charge in [0, 0.05) is 38.6 Å². The summed E-state index contributed by atoms with van der Waals surface area (Å²) in [6.45, 7) is 2.91. The Morgan fingerprint density at radius 2 is 1.92 bits per heavy atom. The Morgan fingerprint density at radius 3 is 2.65 bits per heavy atom. The molecule has 0 bridgehead atoms. The van der Waals surface area contributed by atoms with Gasteiger partial charge in [0.25, 0.3) is 0 Å². The van der Waals surface area contributed by atoms with Crippen LogP contribution in [-0.4, -0.2) is 40.6 Å². The summed E-state index contributed by atoms with van der Waals surface area (Å²) in [6, 6.07) is 9.73. The summed E-state index contributed by atoms with van der Waals surface area (Å²) in [6.07, 6.45) is 4.94. The Kier molecular flexibility index (Phi) is 6.38. The van der Waals surface area contributed by atoms with Crippen LogP contribution in [0.15, 0.2) is 42.7 Å². The molecule has 7 heteroatoms. The van der Waals surface area contributed by atoms with E-state index in [1.807, 2.05) is 30.3 Å². The van der Waals surface area contributed by atoms with E-state index >= 15 is 0 Å². The lowest BCUT2D eigenvalue weighted by atomic mass is 9.97. The lowest BCUT2D eigenvalue weighted by molar-refractivity contribution is 0.0832. The van der Waals surface area contributed by atoms with Crippen molar-refractivity contribution in [1.82, 2.24) is 14.9 Å². The number of nitrogens with one attached hydrogen (secondary N) is 1. The van der Waals surface area contributed by atoms with Gasteiger partial charge in [-0.1, -0.05) is 30.3 Å². The molecule has 0 aliphatic carbocycles. The van der Waals surface area contributed by atoms with E-state index in [9.17, 15) is 4.79 Å². The Hall–Kier alpha value is -2.67. The van der Waals surface area contributed by atoms with E-state index in [1.54, 1.807) is 17.3 Å². The number of rotatable bonds is 6. The Labute approximate surface area is 153 Å². The molecule has 3 N–H and O–H groups in total. The standard InChI is InChI=1S/C19H25N5O2/c20-12-17-18(22-9-8-21-17)23-13-15-6-10-24(11-7-15)19(25)26-14-16-4-2-1-3-5-16/h1-5,8-9,15H,6-7,10-14,20H2,(H,22,23). The normalized spacial score (nSPS) is 14.9. The lowest BCUT2D eigenvalue weighted by Crippen LogP contribution is -2.40. The first-order valence-electron chi connectivity index (χ1n) is 8.95. The fourth-order valence-corrected chi connectivity index (χ4v) is 3.04. The highest BCUT2D eigenvalue weighted by Gasteiger charge is 2.24. The Morgan fingerprint density at radius 1 is 1.19 bits per heavy atom. The van der Waals surface area contributed by atoms with E-state index in [1.165, 1.54) is 0 Å². The lowest BCUT2D eigenvalue weighted by Gasteiger charge is -2.31. The molecule has 26 heavy (non-hydrogen) atoms. The second-order valence-corrected chi connectivity index (χ2v) is 6.41. The van der Waals surface area contributed by atoms with Gasteiger partial charge in [0.1, 0.15) is 12.4 Å². The van der Waals surface area contributed by atoms with Crippen LogP contribution in [0, 0.1) is 5.92 Å². The first kappa shape index (κ1) is 18.1. The van der Waals surface area contributed by atoms with Crippen molar-refractivity contribution in [3.05, 3.63) is 54.0 Å². The van der Waals surface area contributed by atoms with Crippen LogP contribution in [0.25, 0.3) is 0 Å². The average molecular weight is 355 g/mol. The number of nitrogens with two attached hydrogens (primary N) is 1. The maximum atomic E-state index is 12.2. The fourth-order valence-electron chi connectivity index (χ4n) is 3.04. The highest BCUT2D eigenvalue weighted by atomic mass is 16.6. The number of hydrogen-bond donors (Lipinski definition) is 2. The zero-order valence-corrected chi connectivity index (χ0v) is 14.8. The van der Waals surface area contributed by atoms with Crippen molar-refractivity contribution in [3.8, 4) is 0 Å². The molecule has 1 fully saturated rings. The highest BCUT2D eigenvalue weighted by molar-refractivity contribution is 5.67. The second-order valence-electron chi connectivity index (χ2n) is 6.41. The third kappa shape index (κ3) is 4.92. The Balaban J connectivity index is 1.40. The van der Waals surface area contributed by atoms with Gasteiger partial charge in [-0.05, 0) is 24.3 Å². The molecule has 0 saturated carbocycles. The zero-order valence-electron chi connectivity index (χ0n) is 14.8. The number of likely N-dealkylation sites (tertiary alicyclic amines) is 1. The molecule has 138 valence electrons. The molecule has 2 aromatic rings. The van der Waals surface area contributed by atoms with Gasteiger partial charge in [-0.3, -0.25) is 4.98 Å². The smallest absolute Gasteiger partial charge is 0.410 e. The van der Waals surface area contributed by atoms with Crippen LogP contribution in [0.1, 0.15) is 24.1 Å². The van der Waals surface area contributed by atoms with Gasteiger partial charge < -0.3 is 20.7 Å². The molecule has 1 aliphatic rings. The fraction of sp³-hybridized carbons (Fsp3) is 0.421. The minimum Gasteiger partial charge on any atom is -0.445 e. The van der Waals surface area contributed by atoms with E-state index in [-0.39, 0.29) is 6.09 Å². The molecule has 3 rings (SSSR count). The van der Waals surface area contributed by atoms with Crippen molar-refractivity contribution in [2.75, 3.05) is 25.0 Å². The predicted octanol–water partition coefficient (Wildman–Crippen LogP) is 2.40. The van der Waals surface area contributed by atoms with Gasteiger partial charge in [0.2, 0.25) is 0 Å². The molecule has 0 spiro atoms. The van der Waals surface area contributed by atoms with Crippen LogP contribution in [0.3, 0.4) is 0 Å². The highest BCUT2D eigenvalue weighted by Crippen LogP contribution is 2.19. The number of hydrogen-bond acceptors (Lipinski definition) is 6. The van der Waals surface area contributed by atoms with Crippen molar-refractivity contribution in [3.63, 3.8) is 0 Å². The molecule has 1 aromatic carbocycles. The van der Waals surface area contributed by atoms with Crippen LogP contribution in [-0.2, 0) is 17.9 Å². The SMILES string of the molecule is NCc1nccnc1NCC1CCN(C(=O)OCc2ccccc2)CC1. The molecule has 7 nitrogen and oxygen atoms in total. The van der Waals surface area contributed by atoms with Crippen LogP contribution in [0.5, 0.6) is 0 Å². The summed E-state index contributed by atoms with van der Waals surface area (Å²) in [5, 5.41) is 3.34.